The Hall–Kier alpha value is -0.370. The Morgan fingerprint density at radius 3 is 1.94 bits per heavy atom. The predicted molar refractivity (Wildman–Crippen MR) is 51.9 cm³/mol. The van der Waals surface area contributed by atoms with E-state index >= 15 is 0 Å². The van der Waals surface area contributed by atoms with Crippen molar-refractivity contribution in [3.05, 3.63) is 0 Å². The van der Waals surface area contributed by atoms with Gasteiger partial charge in [0.15, 0.2) is 0 Å². The highest BCUT2D eigenvalue weighted by atomic mass is 19.4. The van der Waals surface area contributed by atoms with Crippen LogP contribution in [0.3, 0.4) is 0 Å². The molecule has 0 radical (unpaired) electrons. The second-order valence-corrected chi connectivity index (χ2v) is 3.95. The number of rotatable bonds is 8. The SMILES string of the molecule is CC(C)(N)COCCOCCOC(F)(F)F. The minimum Gasteiger partial charge on any atom is -0.377 e. The lowest BCUT2D eigenvalue weighted by molar-refractivity contribution is -0.327. The van der Waals surface area contributed by atoms with Crippen molar-refractivity contribution in [3.8, 4) is 0 Å². The first-order valence-electron chi connectivity index (χ1n) is 4.86. The van der Waals surface area contributed by atoms with Crippen molar-refractivity contribution in [2.75, 3.05) is 33.0 Å². The van der Waals surface area contributed by atoms with Crippen molar-refractivity contribution in [2.45, 2.75) is 25.7 Å². The monoisotopic (exact) mass is 245 g/mol. The number of hydrogen-bond donors (Lipinski definition) is 1. The van der Waals surface area contributed by atoms with E-state index in [9.17, 15) is 13.2 Å². The second kappa shape index (κ2) is 7.05. The van der Waals surface area contributed by atoms with Crippen molar-refractivity contribution in [1.29, 1.82) is 0 Å². The van der Waals surface area contributed by atoms with Gasteiger partial charge < -0.3 is 15.2 Å². The molecule has 0 aliphatic heterocycles. The average molecular weight is 245 g/mol. The zero-order chi connectivity index (χ0) is 12.7. The third-order valence-electron chi connectivity index (χ3n) is 1.34. The van der Waals surface area contributed by atoms with Gasteiger partial charge in [-0.1, -0.05) is 0 Å². The molecule has 16 heavy (non-hydrogen) atoms. The highest BCUT2D eigenvalue weighted by molar-refractivity contribution is 4.69. The van der Waals surface area contributed by atoms with E-state index in [1.165, 1.54) is 0 Å². The molecule has 0 aliphatic carbocycles. The molecule has 0 fully saturated rings. The number of ether oxygens (including phenoxy) is 3. The van der Waals surface area contributed by atoms with Crippen LogP contribution in [0.25, 0.3) is 0 Å². The molecule has 98 valence electrons. The van der Waals surface area contributed by atoms with Crippen LogP contribution < -0.4 is 5.73 Å². The van der Waals surface area contributed by atoms with Crippen molar-refractivity contribution in [1.82, 2.24) is 0 Å². The van der Waals surface area contributed by atoms with Crippen LogP contribution in [0.4, 0.5) is 13.2 Å². The van der Waals surface area contributed by atoms with Gasteiger partial charge >= 0.3 is 6.36 Å². The van der Waals surface area contributed by atoms with Crippen LogP contribution in [0, 0.1) is 0 Å². The van der Waals surface area contributed by atoms with Gasteiger partial charge in [0.25, 0.3) is 0 Å². The third kappa shape index (κ3) is 13.6. The van der Waals surface area contributed by atoms with Crippen molar-refractivity contribution in [2.24, 2.45) is 5.73 Å². The fourth-order valence-corrected chi connectivity index (χ4v) is 0.771. The average Bonchev–Trinajstić information content (AvgIpc) is 2.06. The number of hydrogen-bond acceptors (Lipinski definition) is 4. The third-order valence-corrected chi connectivity index (χ3v) is 1.34. The summed E-state index contributed by atoms with van der Waals surface area (Å²) in [6.45, 7) is 3.89. The van der Waals surface area contributed by atoms with Gasteiger partial charge in [-0.3, -0.25) is 4.74 Å². The number of nitrogens with two attached hydrogens (primary N) is 1. The van der Waals surface area contributed by atoms with Crippen LogP contribution in [0.2, 0.25) is 0 Å². The lowest BCUT2D eigenvalue weighted by atomic mass is 10.1. The molecular formula is C9H18F3NO3. The fraction of sp³-hybridized carbons (Fsp3) is 1.00. The Labute approximate surface area is 92.8 Å². The summed E-state index contributed by atoms with van der Waals surface area (Å²) < 4.78 is 48.0. The first kappa shape index (κ1) is 15.6. The summed E-state index contributed by atoms with van der Waals surface area (Å²) in [4.78, 5) is 0. The zero-order valence-electron chi connectivity index (χ0n) is 9.47. The summed E-state index contributed by atoms with van der Waals surface area (Å²) >= 11 is 0. The topological polar surface area (TPSA) is 53.7 Å². The highest BCUT2D eigenvalue weighted by Crippen LogP contribution is 2.15. The van der Waals surface area contributed by atoms with E-state index < -0.39 is 18.5 Å². The minimum atomic E-state index is -4.59. The molecule has 0 atom stereocenters. The number of alkyl halides is 3. The standard InChI is InChI=1S/C9H18F3NO3/c1-8(2,13)7-15-4-3-14-5-6-16-9(10,11)12/h3-7,13H2,1-2H3. The quantitative estimate of drug-likeness (QED) is 0.655. The Morgan fingerprint density at radius 1 is 0.938 bits per heavy atom. The molecular weight excluding hydrogens is 227 g/mol. The van der Waals surface area contributed by atoms with Gasteiger partial charge in [0, 0.05) is 5.54 Å². The normalized spacial score (nSPS) is 13.1. The highest BCUT2D eigenvalue weighted by Gasteiger charge is 2.28. The smallest absolute Gasteiger partial charge is 0.377 e. The molecule has 0 spiro atoms. The van der Waals surface area contributed by atoms with E-state index in [0.29, 0.717) is 13.2 Å². The van der Waals surface area contributed by atoms with Crippen molar-refractivity contribution in [3.63, 3.8) is 0 Å². The van der Waals surface area contributed by atoms with Crippen LogP contribution in [0.15, 0.2) is 0 Å². The fourth-order valence-electron chi connectivity index (χ4n) is 0.771. The molecule has 0 aliphatic rings. The van der Waals surface area contributed by atoms with E-state index in [0.717, 1.165) is 0 Å². The lowest BCUT2D eigenvalue weighted by Crippen LogP contribution is -2.37. The maximum atomic E-state index is 11.5. The molecule has 0 aromatic carbocycles. The van der Waals surface area contributed by atoms with Crippen molar-refractivity contribution < 1.29 is 27.4 Å². The molecule has 4 nitrogen and oxygen atoms in total. The summed E-state index contributed by atoms with van der Waals surface area (Å²) in [5.41, 5.74) is 5.22. The molecule has 0 aromatic rings. The lowest BCUT2D eigenvalue weighted by Gasteiger charge is -2.18. The first-order valence-corrected chi connectivity index (χ1v) is 4.86. The summed E-state index contributed by atoms with van der Waals surface area (Å²) in [5.74, 6) is 0. The van der Waals surface area contributed by atoms with Gasteiger partial charge in [0.2, 0.25) is 0 Å². The Morgan fingerprint density at radius 2 is 1.44 bits per heavy atom. The van der Waals surface area contributed by atoms with E-state index in [1.54, 1.807) is 0 Å². The molecule has 0 rings (SSSR count). The van der Waals surface area contributed by atoms with E-state index in [2.05, 4.69) is 4.74 Å². The maximum absolute atomic E-state index is 11.5. The summed E-state index contributed by atoms with van der Waals surface area (Å²) in [5, 5.41) is 0. The Balaban J connectivity index is 3.17. The molecule has 7 heteroatoms. The molecule has 0 bridgehead atoms. The largest absolute Gasteiger partial charge is 0.522 e. The van der Waals surface area contributed by atoms with Crippen LogP contribution in [-0.2, 0) is 14.2 Å². The molecule has 0 saturated heterocycles. The van der Waals surface area contributed by atoms with Gasteiger partial charge in [-0.2, -0.15) is 0 Å². The Kier molecular flexibility index (Phi) is 6.89. The summed E-state index contributed by atoms with van der Waals surface area (Å²) in [7, 11) is 0. The predicted octanol–water partition coefficient (Wildman–Crippen LogP) is 1.29. The second-order valence-electron chi connectivity index (χ2n) is 3.95. The van der Waals surface area contributed by atoms with Crippen LogP contribution in [-0.4, -0.2) is 44.9 Å². The summed E-state index contributed by atoms with van der Waals surface area (Å²) in [6, 6.07) is 0. The molecule has 0 heterocycles. The molecule has 0 amide bonds. The minimum absolute atomic E-state index is 0.116. The van der Waals surface area contributed by atoms with Gasteiger partial charge in [0.1, 0.15) is 0 Å². The Bertz CT molecular complexity index is 160. The molecule has 0 saturated carbocycles. The van der Waals surface area contributed by atoms with Gasteiger partial charge in [0.05, 0.1) is 33.0 Å². The van der Waals surface area contributed by atoms with Gasteiger partial charge in [-0.15, -0.1) is 13.2 Å². The van der Waals surface area contributed by atoms with E-state index in [1.807, 2.05) is 13.8 Å². The maximum Gasteiger partial charge on any atom is 0.522 e. The molecule has 0 aromatic heterocycles. The van der Waals surface area contributed by atoms with E-state index in [-0.39, 0.29) is 13.2 Å². The first-order chi connectivity index (χ1) is 7.21. The summed E-state index contributed by atoms with van der Waals surface area (Å²) in [6.07, 6.45) is -4.59. The van der Waals surface area contributed by atoms with Gasteiger partial charge in [-0.25, -0.2) is 0 Å². The van der Waals surface area contributed by atoms with Crippen molar-refractivity contribution >= 4 is 0 Å². The zero-order valence-corrected chi connectivity index (χ0v) is 9.47. The van der Waals surface area contributed by atoms with Crippen LogP contribution in [0.1, 0.15) is 13.8 Å². The number of halogens is 3. The van der Waals surface area contributed by atoms with Crippen LogP contribution >= 0.6 is 0 Å². The van der Waals surface area contributed by atoms with Gasteiger partial charge in [-0.05, 0) is 13.8 Å². The van der Waals surface area contributed by atoms with Crippen LogP contribution in [0.5, 0.6) is 0 Å². The van der Waals surface area contributed by atoms with E-state index in [4.69, 9.17) is 15.2 Å². The molecule has 2 N–H and O–H groups in total. The molecule has 0 unspecified atom stereocenters.